The van der Waals surface area contributed by atoms with Crippen LogP contribution in [0, 0.1) is 17.8 Å². The summed E-state index contributed by atoms with van der Waals surface area (Å²) in [6.45, 7) is 0.345. The van der Waals surface area contributed by atoms with Crippen LogP contribution in [0.2, 0.25) is 0 Å². The summed E-state index contributed by atoms with van der Waals surface area (Å²) in [6, 6.07) is 6.56. The minimum atomic E-state index is -0.564. The van der Waals surface area contributed by atoms with Gasteiger partial charge in [0.25, 0.3) is 5.91 Å². The van der Waals surface area contributed by atoms with Gasteiger partial charge in [-0.3, -0.25) is 10.1 Å². The lowest BCUT2D eigenvalue weighted by Gasteiger charge is -2.56. The average molecular weight is 411 g/mol. The molecule has 0 aliphatic heterocycles. The number of nitrogens with zero attached hydrogens (tertiary/aromatic N) is 1. The maximum Gasteiger partial charge on any atom is 0.312 e. The molecule has 2 aromatic rings. The molecule has 29 heavy (non-hydrogen) atoms. The molecule has 4 saturated carbocycles. The third-order valence-corrected chi connectivity index (χ3v) is 7.75. The maximum absolute atomic E-state index is 12.6. The smallest absolute Gasteiger partial charge is 0.312 e. The van der Waals surface area contributed by atoms with Crippen molar-refractivity contribution in [2.45, 2.75) is 50.5 Å². The Morgan fingerprint density at radius 2 is 1.69 bits per heavy atom. The number of anilines is 1. The average Bonchev–Trinajstić information content (AvgIpc) is 3.15. The Morgan fingerprint density at radius 3 is 2.28 bits per heavy atom. The lowest BCUT2D eigenvalue weighted by molar-refractivity contribution is -0.00688. The van der Waals surface area contributed by atoms with Gasteiger partial charge in [0, 0.05) is 22.9 Å². The highest BCUT2D eigenvalue weighted by Gasteiger charge is 2.52. The first kappa shape index (κ1) is 18.6. The Kier molecular flexibility index (Phi) is 4.57. The maximum atomic E-state index is 12.6. The van der Waals surface area contributed by atoms with Crippen molar-refractivity contribution in [3.8, 4) is 0 Å². The number of benzene rings is 1. The summed E-state index contributed by atoms with van der Waals surface area (Å²) in [6.07, 6.45) is 8.07. The van der Waals surface area contributed by atoms with Crippen molar-refractivity contribution in [3.63, 3.8) is 0 Å². The molecule has 0 atom stereocenters. The van der Waals surface area contributed by atoms with Crippen molar-refractivity contribution in [2.24, 2.45) is 23.5 Å². The van der Waals surface area contributed by atoms with Crippen LogP contribution in [0.4, 0.5) is 9.93 Å². The number of amides is 3. The van der Waals surface area contributed by atoms with Gasteiger partial charge in [0.1, 0.15) is 0 Å². The van der Waals surface area contributed by atoms with E-state index in [-0.39, 0.29) is 11.3 Å². The third-order valence-electron chi connectivity index (χ3n) is 6.99. The largest absolute Gasteiger partial charge is 0.352 e. The van der Waals surface area contributed by atoms with Crippen molar-refractivity contribution < 1.29 is 9.59 Å². The summed E-state index contributed by atoms with van der Waals surface area (Å²) in [7, 11) is 0. The van der Waals surface area contributed by atoms with Crippen LogP contribution < -0.4 is 16.4 Å². The number of hydrogen-bond acceptors (Lipinski definition) is 4. The fourth-order valence-corrected chi connectivity index (χ4v) is 6.96. The lowest BCUT2D eigenvalue weighted by Crippen LogP contribution is -2.48. The first-order valence-electron chi connectivity index (χ1n) is 10.4. The van der Waals surface area contributed by atoms with Crippen molar-refractivity contribution in [2.75, 3.05) is 5.32 Å². The zero-order valence-electron chi connectivity index (χ0n) is 16.3. The number of urea groups is 1. The predicted octanol–water partition coefficient (Wildman–Crippen LogP) is 4.03. The van der Waals surface area contributed by atoms with Gasteiger partial charge in [-0.1, -0.05) is 12.1 Å². The molecular weight excluding hydrogens is 384 g/mol. The van der Waals surface area contributed by atoms with Gasteiger partial charge < -0.3 is 11.1 Å². The minimum absolute atomic E-state index is 0.161. The highest BCUT2D eigenvalue weighted by molar-refractivity contribution is 7.14. The fourth-order valence-electron chi connectivity index (χ4n) is 6.13. The molecule has 0 unspecified atom stereocenters. The van der Waals surface area contributed by atoms with Gasteiger partial charge in [-0.05, 0) is 74.0 Å². The summed E-state index contributed by atoms with van der Waals surface area (Å²) in [5.41, 5.74) is 7.99. The number of nitrogens with one attached hydrogen (secondary N) is 2. The van der Waals surface area contributed by atoms with Crippen LogP contribution in [0.5, 0.6) is 0 Å². The van der Waals surface area contributed by atoms with Crippen LogP contribution >= 0.6 is 11.3 Å². The molecule has 4 N–H and O–H groups in total. The summed E-state index contributed by atoms with van der Waals surface area (Å²) >= 11 is 1.53. The molecule has 4 bridgehead atoms. The van der Waals surface area contributed by atoms with E-state index in [9.17, 15) is 9.59 Å². The SMILES string of the molecule is NC(=O)NCc1ccc(C(=O)Nc2nc(C34CC5CC(CC(C5)C3)C4)cs2)cc1. The molecule has 3 amide bonds. The number of hydrogen-bond donors (Lipinski definition) is 3. The number of carbonyl (C=O) groups is 2. The second kappa shape index (κ2) is 7.13. The topological polar surface area (TPSA) is 97.1 Å². The van der Waals surface area contributed by atoms with Gasteiger partial charge in [-0.15, -0.1) is 11.3 Å². The Bertz CT molecular complexity index is 901. The highest BCUT2D eigenvalue weighted by Crippen LogP contribution is 2.60. The second-order valence-corrected chi connectivity index (χ2v) is 9.96. The minimum Gasteiger partial charge on any atom is -0.352 e. The Hall–Kier alpha value is -2.41. The number of nitrogens with two attached hydrogens (primary N) is 1. The molecule has 6 rings (SSSR count). The van der Waals surface area contributed by atoms with Gasteiger partial charge >= 0.3 is 6.03 Å². The highest BCUT2D eigenvalue weighted by atomic mass is 32.1. The molecule has 4 aliphatic carbocycles. The van der Waals surface area contributed by atoms with Crippen LogP contribution in [-0.2, 0) is 12.0 Å². The van der Waals surface area contributed by atoms with E-state index in [1.807, 2.05) is 12.1 Å². The van der Waals surface area contributed by atoms with E-state index in [1.165, 1.54) is 55.6 Å². The molecule has 0 radical (unpaired) electrons. The summed E-state index contributed by atoms with van der Waals surface area (Å²) in [5.74, 6) is 2.47. The number of rotatable bonds is 5. The molecule has 4 aliphatic rings. The Balaban J connectivity index is 1.26. The first-order valence-corrected chi connectivity index (χ1v) is 11.3. The van der Waals surface area contributed by atoms with Crippen molar-refractivity contribution >= 4 is 28.4 Å². The van der Waals surface area contributed by atoms with E-state index in [1.54, 1.807) is 12.1 Å². The van der Waals surface area contributed by atoms with Gasteiger partial charge in [0.05, 0.1) is 5.69 Å². The van der Waals surface area contributed by atoms with Crippen LogP contribution in [0.3, 0.4) is 0 Å². The van der Waals surface area contributed by atoms with Crippen LogP contribution in [0.1, 0.15) is 60.1 Å². The van der Waals surface area contributed by atoms with E-state index in [4.69, 9.17) is 10.7 Å². The summed E-state index contributed by atoms with van der Waals surface area (Å²) in [4.78, 5) is 28.3. The Labute approximate surface area is 174 Å². The third kappa shape index (κ3) is 3.64. The molecule has 152 valence electrons. The van der Waals surface area contributed by atoms with Gasteiger partial charge in [0.15, 0.2) is 5.13 Å². The van der Waals surface area contributed by atoms with E-state index in [0.717, 1.165) is 23.3 Å². The van der Waals surface area contributed by atoms with E-state index in [0.29, 0.717) is 17.2 Å². The normalized spacial score (nSPS) is 29.6. The van der Waals surface area contributed by atoms with E-state index < -0.39 is 6.03 Å². The molecule has 0 saturated heterocycles. The van der Waals surface area contributed by atoms with Gasteiger partial charge in [0.2, 0.25) is 0 Å². The van der Waals surface area contributed by atoms with Crippen LogP contribution in [0.25, 0.3) is 0 Å². The molecule has 4 fully saturated rings. The Morgan fingerprint density at radius 1 is 1.07 bits per heavy atom. The quantitative estimate of drug-likeness (QED) is 0.694. The molecule has 1 aromatic heterocycles. The number of thiazole rings is 1. The molecule has 1 aromatic carbocycles. The number of primary amides is 1. The predicted molar refractivity (Wildman–Crippen MR) is 113 cm³/mol. The van der Waals surface area contributed by atoms with E-state index in [2.05, 4.69) is 16.0 Å². The first-order chi connectivity index (χ1) is 14.0. The van der Waals surface area contributed by atoms with Gasteiger partial charge in [-0.25, -0.2) is 9.78 Å². The fraction of sp³-hybridized carbons (Fsp3) is 0.500. The zero-order valence-corrected chi connectivity index (χ0v) is 17.1. The monoisotopic (exact) mass is 410 g/mol. The van der Waals surface area contributed by atoms with Gasteiger partial charge in [-0.2, -0.15) is 0 Å². The summed E-state index contributed by atoms with van der Waals surface area (Å²) < 4.78 is 0. The molecule has 1 heterocycles. The van der Waals surface area contributed by atoms with Crippen LogP contribution in [-0.4, -0.2) is 16.9 Å². The standard InChI is InChI=1S/C22H26N4O2S/c23-20(28)24-11-13-1-3-17(4-2-13)19(27)26-21-25-18(12-29-21)22-8-14-5-15(9-22)7-16(6-14)10-22/h1-4,12,14-16H,5-11H2,(H3,23,24,28)(H,25,26,27). The number of aromatic nitrogens is 1. The lowest BCUT2D eigenvalue weighted by atomic mass is 9.49. The van der Waals surface area contributed by atoms with Crippen molar-refractivity contribution in [3.05, 3.63) is 46.5 Å². The molecule has 6 nitrogen and oxygen atoms in total. The second-order valence-electron chi connectivity index (χ2n) is 9.10. The van der Waals surface area contributed by atoms with Crippen LogP contribution in [0.15, 0.2) is 29.6 Å². The molecule has 0 spiro atoms. The zero-order chi connectivity index (χ0) is 20.0. The molecular formula is C22H26N4O2S. The van der Waals surface area contributed by atoms with E-state index >= 15 is 0 Å². The summed E-state index contributed by atoms with van der Waals surface area (Å²) in [5, 5.41) is 8.35. The van der Waals surface area contributed by atoms with Crippen molar-refractivity contribution in [1.82, 2.24) is 10.3 Å². The molecule has 7 heteroatoms. The van der Waals surface area contributed by atoms with Crippen molar-refractivity contribution in [1.29, 1.82) is 0 Å². The number of carbonyl (C=O) groups excluding carboxylic acids is 2.